The summed E-state index contributed by atoms with van der Waals surface area (Å²) in [7, 11) is 0. The average Bonchev–Trinajstić information content (AvgIpc) is 3.14. The van der Waals surface area contributed by atoms with E-state index < -0.39 is 0 Å². The number of amides is 1. The first-order valence-corrected chi connectivity index (χ1v) is 11.0. The van der Waals surface area contributed by atoms with Crippen LogP contribution in [-0.4, -0.2) is 31.4 Å². The van der Waals surface area contributed by atoms with E-state index in [1.54, 1.807) is 4.57 Å². The number of carbonyl (C=O) groups excluding carboxylic acids is 1. The van der Waals surface area contributed by atoms with Crippen LogP contribution in [0.1, 0.15) is 22.4 Å². The van der Waals surface area contributed by atoms with Gasteiger partial charge in [0, 0.05) is 17.9 Å². The first kappa shape index (κ1) is 20.9. The quantitative estimate of drug-likeness (QED) is 0.320. The van der Waals surface area contributed by atoms with E-state index in [0.29, 0.717) is 28.2 Å². The molecule has 2 aromatic heterocycles. The molecule has 0 spiro atoms. The minimum atomic E-state index is -0.0906. The second kappa shape index (κ2) is 8.77. The monoisotopic (exact) mass is 432 g/mol. The Balaban J connectivity index is 1.64. The standard InChI is InChI=1S/C23H24N6OS/c1-14-9-10-18(11-15(14)2)29-21(24)20-16(3)27-28-22(20)26-23(29)31-13-19(30)25-12-17-7-5-4-6-8-17/h4-11,24H,12-13H2,1-3H3,(H,25,30)(H,27,28). The third kappa shape index (κ3) is 4.39. The minimum absolute atomic E-state index is 0.0906. The zero-order chi connectivity index (χ0) is 22.0. The molecule has 0 aliphatic rings. The molecule has 7 nitrogen and oxygen atoms in total. The lowest BCUT2D eigenvalue weighted by Crippen LogP contribution is -2.26. The van der Waals surface area contributed by atoms with Crippen LogP contribution in [0, 0.1) is 26.2 Å². The number of thioether (sulfide) groups is 1. The largest absolute Gasteiger partial charge is 0.351 e. The van der Waals surface area contributed by atoms with Crippen LogP contribution in [-0.2, 0) is 11.3 Å². The normalized spacial score (nSPS) is 11.1. The second-order valence-corrected chi connectivity index (χ2v) is 8.39. The summed E-state index contributed by atoms with van der Waals surface area (Å²) in [6.07, 6.45) is 0. The van der Waals surface area contributed by atoms with Gasteiger partial charge < -0.3 is 5.32 Å². The van der Waals surface area contributed by atoms with E-state index in [4.69, 9.17) is 5.41 Å². The first-order valence-electron chi connectivity index (χ1n) is 9.97. The summed E-state index contributed by atoms with van der Waals surface area (Å²) in [5.41, 5.74) is 5.77. The molecule has 0 saturated heterocycles. The van der Waals surface area contributed by atoms with Crippen molar-refractivity contribution in [2.45, 2.75) is 32.5 Å². The Bertz CT molecular complexity index is 1310. The number of carbonyl (C=O) groups is 1. The molecule has 2 heterocycles. The number of hydrogen-bond donors (Lipinski definition) is 3. The van der Waals surface area contributed by atoms with Gasteiger partial charge in [-0.1, -0.05) is 48.2 Å². The smallest absolute Gasteiger partial charge is 0.230 e. The molecule has 2 aromatic carbocycles. The fourth-order valence-corrected chi connectivity index (χ4v) is 4.15. The Hall–Kier alpha value is -3.39. The zero-order valence-corrected chi connectivity index (χ0v) is 18.5. The summed E-state index contributed by atoms with van der Waals surface area (Å²) in [4.78, 5) is 17.1. The average molecular weight is 433 g/mol. The van der Waals surface area contributed by atoms with Crippen molar-refractivity contribution in [1.29, 1.82) is 5.41 Å². The van der Waals surface area contributed by atoms with Crippen LogP contribution in [0.2, 0.25) is 0 Å². The molecule has 0 saturated carbocycles. The van der Waals surface area contributed by atoms with Crippen LogP contribution in [0.15, 0.2) is 53.7 Å². The van der Waals surface area contributed by atoms with Crippen molar-refractivity contribution in [1.82, 2.24) is 25.1 Å². The highest BCUT2D eigenvalue weighted by Gasteiger charge is 2.16. The summed E-state index contributed by atoms with van der Waals surface area (Å²) in [5, 5.41) is 20.1. The molecule has 4 aromatic rings. The van der Waals surface area contributed by atoms with E-state index in [9.17, 15) is 4.79 Å². The first-order chi connectivity index (χ1) is 14.9. The van der Waals surface area contributed by atoms with Gasteiger partial charge in [0.1, 0.15) is 5.49 Å². The highest BCUT2D eigenvalue weighted by Crippen LogP contribution is 2.23. The molecule has 0 radical (unpaired) electrons. The Kier molecular flexibility index (Phi) is 5.90. The Morgan fingerprint density at radius 3 is 2.65 bits per heavy atom. The van der Waals surface area contributed by atoms with Gasteiger partial charge in [0.15, 0.2) is 10.8 Å². The van der Waals surface area contributed by atoms with Crippen LogP contribution in [0.25, 0.3) is 16.7 Å². The third-order valence-electron chi connectivity index (χ3n) is 5.19. The number of benzene rings is 2. The van der Waals surface area contributed by atoms with Gasteiger partial charge in [-0.25, -0.2) is 4.98 Å². The van der Waals surface area contributed by atoms with Gasteiger partial charge in [0.2, 0.25) is 5.91 Å². The number of nitrogens with one attached hydrogen (secondary N) is 3. The van der Waals surface area contributed by atoms with Crippen molar-refractivity contribution in [3.63, 3.8) is 0 Å². The van der Waals surface area contributed by atoms with Crippen molar-refractivity contribution < 1.29 is 4.79 Å². The van der Waals surface area contributed by atoms with Crippen molar-refractivity contribution in [2.75, 3.05) is 5.75 Å². The van der Waals surface area contributed by atoms with Crippen LogP contribution in [0.5, 0.6) is 0 Å². The lowest BCUT2D eigenvalue weighted by Gasteiger charge is -2.14. The lowest BCUT2D eigenvalue weighted by molar-refractivity contribution is -0.118. The van der Waals surface area contributed by atoms with E-state index in [1.807, 2.05) is 62.4 Å². The molecule has 0 aliphatic carbocycles. The summed E-state index contributed by atoms with van der Waals surface area (Å²) >= 11 is 1.30. The highest BCUT2D eigenvalue weighted by molar-refractivity contribution is 7.99. The Labute approximate surface area is 184 Å². The van der Waals surface area contributed by atoms with E-state index in [-0.39, 0.29) is 11.7 Å². The third-order valence-corrected chi connectivity index (χ3v) is 6.13. The van der Waals surface area contributed by atoms with E-state index in [2.05, 4.69) is 27.4 Å². The van der Waals surface area contributed by atoms with Crippen molar-refractivity contribution in [3.05, 3.63) is 76.4 Å². The van der Waals surface area contributed by atoms with Gasteiger partial charge in [-0.05, 0) is 49.6 Å². The maximum atomic E-state index is 12.5. The number of H-pyrrole nitrogens is 1. The molecule has 31 heavy (non-hydrogen) atoms. The van der Waals surface area contributed by atoms with Gasteiger partial charge >= 0.3 is 0 Å². The van der Waals surface area contributed by atoms with Crippen molar-refractivity contribution in [2.24, 2.45) is 0 Å². The molecular weight excluding hydrogens is 408 g/mol. The second-order valence-electron chi connectivity index (χ2n) is 7.45. The fourth-order valence-electron chi connectivity index (χ4n) is 3.31. The van der Waals surface area contributed by atoms with Gasteiger partial charge in [-0.3, -0.25) is 19.9 Å². The number of aromatic amines is 1. The fraction of sp³-hybridized carbons (Fsp3) is 0.217. The lowest BCUT2D eigenvalue weighted by atomic mass is 10.1. The molecule has 0 fully saturated rings. The van der Waals surface area contributed by atoms with Gasteiger partial charge in [-0.2, -0.15) is 5.10 Å². The molecule has 158 valence electrons. The highest BCUT2D eigenvalue weighted by atomic mass is 32.2. The number of rotatable bonds is 6. The summed E-state index contributed by atoms with van der Waals surface area (Å²) in [5.74, 6) is 0.103. The minimum Gasteiger partial charge on any atom is -0.351 e. The van der Waals surface area contributed by atoms with Crippen LogP contribution < -0.4 is 10.8 Å². The SMILES string of the molecule is Cc1ccc(-n2c(SCC(=O)NCc3ccccc3)nc3n[nH]c(C)c3c2=N)cc1C. The summed E-state index contributed by atoms with van der Waals surface area (Å²) in [6, 6.07) is 15.8. The molecule has 8 heteroatoms. The molecule has 0 atom stereocenters. The van der Waals surface area contributed by atoms with Crippen LogP contribution in [0.3, 0.4) is 0 Å². The van der Waals surface area contributed by atoms with E-state index in [0.717, 1.165) is 22.5 Å². The molecule has 4 rings (SSSR count). The van der Waals surface area contributed by atoms with Crippen molar-refractivity contribution in [3.8, 4) is 5.69 Å². The summed E-state index contributed by atoms with van der Waals surface area (Å²) < 4.78 is 1.78. The van der Waals surface area contributed by atoms with Gasteiger partial charge in [0.25, 0.3) is 0 Å². The van der Waals surface area contributed by atoms with Crippen LogP contribution in [0.4, 0.5) is 0 Å². The number of hydrogen-bond acceptors (Lipinski definition) is 5. The maximum absolute atomic E-state index is 12.5. The molecule has 0 aliphatic heterocycles. The molecule has 0 bridgehead atoms. The topological polar surface area (TPSA) is 99.4 Å². The number of aryl methyl sites for hydroxylation is 3. The number of nitrogens with zero attached hydrogens (tertiary/aromatic N) is 3. The summed E-state index contributed by atoms with van der Waals surface area (Å²) in [6.45, 7) is 6.46. The Morgan fingerprint density at radius 1 is 1.13 bits per heavy atom. The molecule has 0 unspecified atom stereocenters. The molecule has 3 N–H and O–H groups in total. The number of fused-ring (bicyclic) bond motifs is 1. The van der Waals surface area contributed by atoms with Gasteiger partial charge in [0.05, 0.1) is 11.1 Å². The molecular formula is C23H24N6OS. The predicted octanol–water partition coefficient (Wildman–Crippen LogP) is 3.56. The van der Waals surface area contributed by atoms with Crippen LogP contribution >= 0.6 is 11.8 Å². The van der Waals surface area contributed by atoms with Gasteiger partial charge in [-0.15, -0.1) is 0 Å². The maximum Gasteiger partial charge on any atom is 0.230 e. The van der Waals surface area contributed by atoms with Crippen molar-refractivity contribution >= 4 is 28.7 Å². The zero-order valence-electron chi connectivity index (χ0n) is 17.7. The van der Waals surface area contributed by atoms with E-state index >= 15 is 0 Å². The molecule has 1 amide bonds. The van der Waals surface area contributed by atoms with E-state index in [1.165, 1.54) is 17.3 Å². The predicted molar refractivity (Wildman–Crippen MR) is 122 cm³/mol. The number of aromatic nitrogens is 4. The Morgan fingerprint density at radius 2 is 1.90 bits per heavy atom.